The lowest BCUT2D eigenvalue weighted by molar-refractivity contribution is -0.138. The fraction of sp³-hybridized carbons (Fsp3) is 0.500. The average Bonchev–Trinajstić information content (AvgIpc) is 2.61. The van der Waals surface area contributed by atoms with Crippen molar-refractivity contribution in [1.82, 2.24) is 15.1 Å². The molecule has 0 aliphatic carbocycles. The van der Waals surface area contributed by atoms with Crippen molar-refractivity contribution >= 4 is 17.7 Å². The first-order valence-electron chi connectivity index (χ1n) is 5.42. The van der Waals surface area contributed by atoms with Crippen LogP contribution in [0.1, 0.15) is 18.9 Å². The number of aliphatic carboxylic acids is 1. The van der Waals surface area contributed by atoms with Crippen molar-refractivity contribution in [3.05, 3.63) is 12.3 Å². The summed E-state index contributed by atoms with van der Waals surface area (Å²) in [5.41, 5.74) is 0. The van der Waals surface area contributed by atoms with E-state index in [1.807, 2.05) is 0 Å². The molecule has 1 saturated heterocycles. The Labute approximate surface area is 97.8 Å². The third kappa shape index (κ3) is 2.82. The van der Waals surface area contributed by atoms with Crippen LogP contribution in [-0.4, -0.2) is 39.9 Å². The lowest BCUT2D eigenvalue weighted by atomic mass is 10.2. The van der Waals surface area contributed by atoms with Crippen LogP contribution in [0.3, 0.4) is 0 Å². The Morgan fingerprint density at radius 3 is 2.88 bits per heavy atom. The SMILES string of the molecule is O=C(O)CCC(=O)Nc1ccnn1C1CNC1. The molecule has 3 N–H and O–H groups in total. The minimum Gasteiger partial charge on any atom is -0.481 e. The maximum Gasteiger partial charge on any atom is 0.303 e. The first kappa shape index (κ1) is 11.6. The van der Waals surface area contributed by atoms with E-state index in [1.165, 1.54) is 0 Å². The van der Waals surface area contributed by atoms with Gasteiger partial charge in [0.05, 0.1) is 18.7 Å². The van der Waals surface area contributed by atoms with Crippen LogP contribution >= 0.6 is 0 Å². The molecule has 1 amide bonds. The van der Waals surface area contributed by atoms with Crippen LogP contribution in [0.5, 0.6) is 0 Å². The molecule has 0 atom stereocenters. The summed E-state index contributed by atoms with van der Waals surface area (Å²) in [5, 5.41) is 18.4. The Balaban J connectivity index is 1.91. The highest BCUT2D eigenvalue weighted by molar-refractivity contribution is 5.91. The van der Waals surface area contributed by atoms with E-state index >= 15 is 0 Å². The molecule has 0 unspecified atom stereocenters. The van der Waals surface area contributed by atoms with Gasteiger partial charge in [0.15, 0.2) is 0 Å². The molecule has 1 aromatic rings. The predicted octanol–water partition coefficient (Wildman–Crippen LogP) is -0.169. The van der Waals surface area contributed by atoms with Crippen LogP contribution in [0.4, 0.5) is 5.82 Å². The zero-order valence-electron chi connectivity index (χ0n) is 9.22. The Bertz CT molecular complexity index is 425. The van der Waals surface area contributed by atoms with Gasteiger partial charge in [-0.2, -0.15) is 5.10 Å². The molecule has 2 rings (SSSR count). The fourth-order valence-corrected chi connectivity index (χ4v) is 1.58. The highest BCUT2D eigenvalue weighted by Crippen LogP contribution is 2.17. The van der Waals surface area contributed by atoms with E-state index < -0.39 is 5.97 Å². The number of aromatic nitrogens is 2. The Kier molecular flexibility index (Phi) is 3.38. The lowest BCUT2D eigenvalue weighted by Gasteiger charge is -2.28. The maximum atomic E-state index is 11.5. The van der Waals surface area contributed by atoms with Crippen LogP contribution in [0, 0.1) is 0 Å². The summed E-state index contributed by atoms with van der Waals surface area (Å²) in [5.74, 6) is -0.662. The van der Waals surface area contributed by atoms with E-state index in [0.29, 0.717) is 5.82 Å². The number of carbonyl (C=O) groups is 2. The van der Waals surface area contributed by atoms with Crippen LogP contribution in [0.2, 0.25) is 0 Å². The normalized spacial score (nSPS) is 15.3. The molecule has 7 nitrogen and oxygen atoms in total. The summed E-state index contributed by atoms with van der Waals surface area (Å²) >= 11 is 0. The molecule has 2 heterocycles. The summed E-state index contributed by atoms with van der Waals surface area (Å²) in [6, 6.07) is 1.97. The molecule has 1 aromatic heterocycles. The van der Waals surface area contributed by atoms with Gasteiger partial charge in [-0.15, -0.1) is 0 Å². The number of rotatable bonds is 5. The summed E-state index contributed by atoms with van der Waals surface area (Å²) in [7, 11) is 0. The van der Waals surface area contributed by atoms with Crippen molar-refractivity contribution in [3.63, 3.8) is 0 Å². The van der Waals surface area contributed by atoms with E-state index in [1.54, 1.807) is 16.9 Å². The number of carboxylic acids is 1. The monoisotopic (exact) mass is 238 g/mol. The largest absolute Gasteiger partial charge is 0.481 e. The van der Waals surface area contributed by atoms with Crippen molar-refractivity contribution < 1.29 is 14.7 Å². The fourth-order valence-electron chi connectivity index (χ4n) is 1.58. The van der Waals surface area contributed by atoms with Crippen LogP contribution in [0.25, 0.3) is 0 Å². The molecular weight excluding hydrogens is 224 g/mol. The molecule has 0 radical (unpaired) electrons. The van der Waals surface area contributed by atoms with Gasteiger partial charge in [-0.25, -0.2) is 4.68 Å². The van der Waals surface area contributed by atoms with Gasteiger partial charge in [-0.05, 0) is 0 Å². The van der Waals surface area contributed by atoms with Gasteiger partial charge in [-0.1, -0.05) is 0 Å². The standard InChI is InChI=1S/C10H14N4O3/c15-9(1-2-10(16)17)13-8-3-4-12-14(8)7-5-11-6-7/h3-4,7,11H,1-2,5-6H2,(H,13,15)(H,16,17). The average molecular weight is 238 g/mol. The minimum absolute atomic E-state index is 0.0244. The van der Waals surface area contributed by atoms with Crippen molar-refractivity contribution in [2.75, 3.05) is 18.4 Å². The maximum absolute atomic E-state index is 11.5. The highest BCUT2D eigenvalue weighted by Gasteiger charge is 2.22. The zero-order chi connectivity index (χ0) is 12.3. The molecule has 1 aliphatic rings. The zero-order valence-corrected chi connectivity index (χ0v) is 9.22. The molecule has 0 bridgehead atoms. The Morgan fingerprint density at radius 2 is 2.29 bits per heavy atom. The van der Waals surface area contributed by atoms with Crippen LogP contribution in [-0.2, 0) is 9.59 Å². The van der Waals surface area contributed by atoms with E-state index in [9.17, 15) is 9.59 Å². The minimum atomic E-state index is -0.975. The van der Waals surface area contributed by atoms with Crippen molar-refractivity contribution in [2.24, 2.45) is 0 Å². The summed E-state index contributed by atoms with van der Waals surface area (Å²) in [6.45, 7) is 1.67. The molecule has 17 heavy (non-hydrogen) atoms. The third-order valence-electron chi connectivity index (χ3n) is 2.61. The van der Waals surface area contributed by atoms with Gasteiger partial charge < -0.3 is 15.7 Å². The molecule has 1 aliphatic heterocycles. The molecule has 1 fully saturated rings. The van der Waals surface area contributed by atoms with Crippen molar-refractivity contribution in [1.29, 1.82) is 0 Å². The summed E-state index contributed by atoms with van der Waals surface area (Å²) in [6.07, 6.45) is 1.43. The molecule has 0 aromatic carbocycles. The smallest absolute Gasteiger partial charge is 0.303 e. The van der Waals surface area contributed by atoms with Gasteiger partial charge in [0.25, 0.3) is 0 Å². The first-order valence-corrected chi connectivity index (χ1v) is 5.42. The number of nitrogens with zero attached hydrogens (tertiary/aromatic N) is 2. The Morgan fingerprint density at radius 1 is 1.53 bits per heavy atom. The predicted molar refractivity (Wildman–Crippen MR) is 59.6 cm³/mol. The van der Waals surface area contributed by atoms with Gasteiger partial charge in [-0.3, -0.25) is 9.59 Å². The van der Waals surface area contributed by atoms with E-state index in [-0.39, 0.29) is 24.8 Å². The number of carboxylic acid groups (broad SMARTS) is 1. The second kappa shape index (κ2) is 4.96. The lowest BCUT2D eigenvalue weighted by Crippen LogP contribution is -2.44. The number of anilines is 1. The Hall–Kier alpha value is -1.89. The van der Waals surface area contributed by atoms with Crippen LogP contribution < -0.4 is 10.6 Å². The van der Waals surface area contributed by atoms with Crippen LogP contribution in [0.15, 0.2) is 12.3 Å². The molecule has 92 valence electrons. The van der Waals surface area contributed by atoms with E-state index in [0.717, 1.165) is 13.1 Å². The molecule has 0 saturated carbocycles. The summed E-state index contributed by atoms with van der Waals surface area (Å²) in [4.78, 5) is 21.8. The number of nitrogens with one attached hydrogen (secondary N) is 2. The quantitative estimate of drug-likeness (QED) is 0.662. The molecule has 0 spiro atoms. The number of hydrogen-bond donors (Lipinski definition) is 3. The van der Waals surface area contributed by atoms with Crippen molar-refractivity contribution in [3.8, 4) is 0 Å². The van der Waals surface area contributed by atoms with Crippen molar-refractivity contribution in [2.45, 2.75) is 18.9 Å². The summed E-state index contributed by atoms with van der Waals surface area (Å²) < 4.78 is 1.75. The molecule has 7 heteroatoms. The number of carbonyl (C=O) groups excluding carboxylic acids is 1. The second-order valence-corrected chi connectivity index (χ2v) is 3.92. The van der Waals surface area contributed by atoms with E-state index in [4.69, 9.17) is 5.11 Å². The molecular formula is C10H14N4O3. The topological polar surface area (TPSA) is 96.2 Å². The second-order valence-electron chi connectivity index (χ2n) is 3.92. The van der Waals surface area contributed by atoms with Gasteiger partial charge >= 0.3 is 5.97 Å². The highest BCUT2D eigenvalue weighted by atomic mass is 16.4. The number of amides is 1. The van der Waals surface area contributed by atoms with Gasteiger partial charge in [0, 0.05) is 25.6 Å². The van der Waals surface area contributed by atoms with Gasteiger partial charge in [0.2, 0.25) is 5.91 Å². The van der Waals surface area contributed by atoms with Gasteiger partial charge in [0.1, 0.15) is 5.82 Å². The number of hydrogen-bond acceptors (Lipinski definition) is 4. The first-order chi connectivity index (χ1) is 8.16. The third-order valence-corrected chi connectivity index (χ3v) is 2.61. The van der Waals surface area contributed by atoms with E-state index in [2.05, 4.69) is 15.7 Å².